The van der Waals surface area contributed by atoms with Crippen molar-refractivity contribution < 1.29 is 4.74 Å². The summed E-state index contributed by atoms with van der Waals surface area (Å²) in [6.45, 7) is 13.8. The van der Waals surface area contributed by atoms with Crippen LogP contribution < -0.4 is 0 Å². The Morgan fingerprint density at radius 1 is 0.431 bits per heavy atom. The molecule has 0 saturated heterocycles. The van der Waals surface area contributed by atoms with Gasteiger partial charge in [0.2, 0.25) is 0 Å². The molecule has 0 bridgehead atoms. The Kier molecular flexibility index (Phi) is 19.8. The lowest BCUT2D eigenvalue weighted by Gasteiger charge is -2.45. The molecule has 0 spiro atoms. The number of hydrogen-bond acceptors (Lipinski definition) is 4. The van der Waals surface area contributed by atoms with Gasteiger partial charge in [0.1, 0.15) is 11.0 Å². The van der Waals surface area contributed by atoms with Crippen LogP contribution in [-0.2, 0) is 15.9 Å². The first-order valence-corrected chi connectivity index (χ1v) is 25.3. The SMILES string of the molecule is CCCCCCCCC1(CCCCCCCC)OC(CCCCCCCC)(CCCCCCCC)c2cc(-c3ccc(C)c4nsnc34)ccc2-c2ccc(C)cc21. The third-order valence-electron chi connectivity index (χ3n) is 13.5. The standard InChI is InChI=1S/C54H82N2OS/c1-7-11-15-19-23-27-37-53(38-28-24-20-16-12-8-2)49-41-43(5)31-34-47(49)48-36-33-45(46-35-32-44(6)51-52(46)56-58-55-51)42-50(48)54(57-53,39-29-25-21-17-13-9-3)40-30-26-22-18-14-10-4/h31-36,41-42H,7-30,37-40H2,1-6H3. The van der Waals surface area contributed by atoms with E-state index in [0.29, 0.717) is 0 Å². The first-order chi connectivity index (χ1) is 28.4. The van der Waals surface area contributed by atoms with Gasteiger partial charge in [0, 0.05) is 5.56 Å². The fourth-order valence-corrected chi connectivity index (χ4v) is 10.7. The topological polar surface area (TPSA) is 35.0 Å². The smallest absolute Gasteiger partial charge is 0.112 e. The van der Waals surface area contributed by atoms with Gasteiger partial charge in [-0.2, -0.15) is 8.75 Å². The van der Waals surface area contributed by atoms with E-state index >= 15 is 0 Å². The molecular weight excluding hydrogens is 725 g/mol. The largest absolute Gasteiger partial charge is 0.359 e. The van der Waals surface area contributed by atoms with Gasteiger partial charge >= 0.3 is 0 Å². The van der Waals surface area contributed by atoms with Crippen LogP contribution >= 0.6 is 11.7 Å². The highest BCUT2D eigenvalue weighted by molar-refractivity contribution is 7.00. The number of benzene rings is 3. The van der Waals surface area contributed by atoms with Crippen LogP contribution in [0.25, 0.3) is 33.3 Å². The van der Waals surface area contributed by atoms with Gasteiger partial charge in [-0.1, -0.05) is 230 Å². The molecule has 0 radical (unpaired) electrons. The second-order valence-electron chi connectivity index (χ2n) is 18.4. The summed E-state index contributed by atoms with van der Waals surface area (Å²) in [6.07, 6.45) is 35.8. The van der Waals surface area contributed by atoms with Crippen molar-refractivity contribution in [2.75, 3.05) is 0 Å². The van der Waals surface area contributed by atoms with E-state index in [9.17, 15) is 0 Å². The van der Waals surface area contributed by atoms with Gasteiger partial charge in [0.15, 0.2) is 0 Å². The Hall–Kier alpha value is -2.56. The number of aryl methyl sites for hydroxylation is 2. The van der Waals surface area contributed by atoms with Crippen molar-refractivity contribution in [1.82, 2.24) is 8.75 Å². The summed E-state index contributed by atoms with van der Waals surface area (Å²) in [6, 6.07) is 19.4. The van der Waals surface area contributed by atoms with Gasteiger partial charge in [0.25, 0.3) is 0 Å². The molecule has 0 saturated carbocycles. The molecule has 320 valence electrons. The zero-order valence-electron chi connectivity index (χ0n) is 38.1. The first kappa shape index (κ1) is 46.5. The number of aromatic nitrogens is 2. The van der Waals surface area contributed by atoms with Gasteiger partial charge in [-0.15, -0.1) is 0 Å². The van der Waals surface area contributed by atoms with Crippen molar-refractivity contribution in [2.24, 2.45) is 0 Å². The van der Waals surface area contributed by atoms with Crippen molar-refractivity contribution in [3.63, 3.8) is 0 Å². The van der Waals surface area contributed by atoms with Crippen LogP contribution in [0.4, 0.5) is 0 Å². The number of hydrogen-bond donors (Lipinski definition) is 0. The number of rotatable bonds is 29. The van der Waals surface area contributed by atoms with Crippen LogP contribution in [0.1, 0.15) is 230 Å². The minimum atomic E-state index is -0.359. The van der Waals surface area contributed by atoms with Crippen molar-refractivity contribution in [1.29, 1.82) is 0 Å². The van der Waals surface area contributed by atoms with Crippen molar-refractivity contribution >= 4 is 22.8 Å². The molecule has 1 aliphatic rings. The molecule has 1 aliphatic heterocycles. The Morgan fingerprint density at radius 3 is 1.31 bits per heavy atom. The Bertz CT molecular complexity index is 1740. The van der Waals surface area contributed by atoms with Crippen molar-refractivity contribution in [3.8, 4) is 22.3 Å². The molecule has 1 aromatic heterocycles. The van der Waals surface area contributed by atoms with Crippen LogP contribution in [0.5, 0.6) is 0 Å². The van der Waals surface area contributed by atoms with E-state index in [0.717, 1.165) is 36.7 Å². The van der Waals surface area contributed by atoms with Crippen LogP contribution in [0, 0.1) is 13.8 Å². The minimum absolute atomic E-state index is 0.309. The molecule has 3 nitrogen and oxygen atoms in total. The summed E-state index contributed by atoms with van der Waals surface area (Å²) in [4.78, 5) is 0. The highest BCUT2D eigenvalue weighted by Crippen LogP contribution is 2.56. The molecule has 2 heterocycles. The van der Waals surface area contributed by atoms with E-state index in [1.54, 1.807) is 0 Å². The average Bonchev–Trinajstić information content (AvgIpc) is 3.71. The normalized spacial score (nSPS) is 14.4. The molecule has 5 rings (SSSR count). The van der Waals surface area contributed by atoms with E-state index < -0.39 is 0 Å². The second kappa shape index (κ2) is 24.6. The first-order valence-electron chi connectivity index (χ1n) is 24.6. The summed E-state index contributed by atoms with van der Waals surface area (Å²) in [5.74, 6) is 0. The van der Waals surface area contributed by atoms with E-state index in [2.05, 4.69) is 90.1 Å². The van der Waals surface area contributed by atoms with Crippen LogP contribution in [0.2, 0.25) is 0 Å². The third-order valence-corrected chi connectivity index (χ3v) is 14.1. The van der Waals surface area contributed by atoms with Crippen molar-refractivity contribution in [3.05, 3.63) is 70.8 Å². The highest BCUT2D eigenvalue weighted by atomic mass is 32.1. The monoisotopic (exact) mass is 807 g/mol. The maximum absolute atomic E-state index is 8.46. The molecule has 0 unspecified atom stereocenters. The lowest BCUT2D eigenvalue weighted by atomic mass is 9.78. The van der Waals surface area contributed by atoms with E-state index in [1.165, 1.54) is 210 Å². The number of ether oxygens (including phenoxy) is 1. The zero-order valence-corrected chi connectivity index (χ0v) is 38.9. The van der Waals surface area contributed by atoms with E-state index in [-0.39, 0.29) is 11.2 Å². The maximum Gasteiger partial charge on any atom is 0.112 e. The molecule has 4 aromatic rings. The Morgan fingerprint density at radius 2 is 0.828 bits per heavy atom. The molecule has 0 amide bonds. The summed E-state index contributed by atoms with van der Waals surface area (Å²) >= 11 is 1.34. The maximum atomic E-state index is 8.46. The van der Waals surface area contributed by atoms with Gasteiger partial charge in [-0.3, -0.25) is 0 Å². The molecular formula is C54H82N2OS. The molecule has 0 atom stereocenters. The Labute approximate surface area is 360 Å². The zero-order chi connectivity index (χ0) is 41.1. The van der Waals surface area contributed by atoms with E-state index in [4.69, 9.17) is 13.5 Å². The molecule has 0 aliphatic carbocycles. The van der Waals surface area contributed by atoms with Crippen LogP contribution in [0.3, 0.4) is 0 Å². The highest BCUT2D eigenvalue weighted by Gasteiger charge is 2.48. The summed E-state index contributed by atoms with van der Waals surface area (Å²) in [7, 11) is 0. The summed E-state index contributed by atoms with van der Waals surface area (Å²) in [5, 5.41) is 0. The van der Waals surface area contributed by atoms with Gasteiger partial charge in [-0.25, -0.2) is 0 Å². The quantitative estimate of drug-likeness (QED) is 0.0513. The fourth-order valence-electron chi connectivity index (χ4n) is 10.1. The lowest BCUT2D eigenvalue weighted by Crippen LogP contribution is -2.41. The second-order valence-corrected chi connectivity index (χ2v) is 18.9. The van der Waals surface area contributed by atoms with Crippen LogP contribution in [0.15, 0.2) is 48.5 Å². The summed E-state index contributed by atoms with van der Waals surface area (Å²) in [5.41, 5.74) is 12.1. The predicted molar refractivity (Wildman–Crippen MR) is 254 cm³/mol. The van der Waals surface area contributed by atoms with Gasteiger partial charge < -0.3 is 4.74 Å². The molecule has 3 aromatic carbocycles. The van der Waals surface area contributed by atoms with Crippen LogP contribution in [-0.4, -0.2) is 8.75 Å². The van der Waals surface area contributed by atoms with Gasteiger partial charge in [0.05, 0.1) is 22.9 Å². The molecule has 0 N–H and O–H groups in total. The number of nitrogens with zero attached hydrogens (tertiary/aromatic N) is 2. The predicted octanol–water partition coefficient (Wildman–Crippen LogP) is 18.1. The molecule has 0 fully saturated rings. The molecule has 4 heteroatoms. The number of unbranched alkanes of at least 4 members (excludes halogenated alkanes) is 20. The third kappa shape index (κ3) is 12.5. The average molecular weight is 807 g/mol. The summed E-state index contributed by atoms with van der Waals surface area (Å²) < 4.78 is 18.1. The Balaban J connectivity index is 1.67. The number of fused-ring (bicyclic) bond motifs is 4. The fraction of sp³-hybridized carbons (Fsp3) is 0.667. The minimum Gasteiger partial charge on any atom is -0.359 e. The van der Waals surface area contributed by atoms with Gasteiger partial charge in [-0.05, 0) is 79.0 Å². The van der Waals surface area contributed by atoms with E-state index in [1.807, 2.05) is 0 Å². The lowest BCUT2D eigenvalue weighted by molar-refractivity contribution is -0.185. The molecule has 58 heavy (non-hydrogen) atoms. The van der Waals surface area contributed by atoms with Crippen molar-refractivity contribution in [2.45, 2.75) is 233 Å².